The molecule has 1 unspecified atom stereocenters. The molecular weight excluding hydrogens is 227 g/mol. The van der Waals surface area contributed by atoms with E-state index >= 15 is 0 Å². The summed E-state index contributed by atoms with van der Waals surface area (Å²) in [4.78, 5) is 9.99. The van der Waals surface area contributed by atoms with E-state index in [1.54, 1.807) is 0 Å². The van der Waals surface area contributed by atoms with Gasteiger partial charge in [-0.1, -0.05) is 0 Å². The first-order valence-electron chi connectivity index (χ1n) is 2.55. The van der Waals surface area contributed by atoms with Gasteiger partial charge in [0, 0.05) is 14.2 Å². The van der Waals surface area contributed by atoms with E-state index < -0.39 is 11.5 Å². The molecule has 1 atom stereocenters. The molecule has 0 rings (SSSR count). The van der Waals surface area contributed by atoms with Crippen LogP contribution in [0.3, 0.4) is 0 Å². The summed E-state index contributed by atoms with van der Waals surface area (Å²) in [6.45, 7) is -0.797. The Morgan fingerprint density at radius 3 is 2.18 bits per heavy atom. The van der Waals surface area contributed by atoms with Crippen LogP contribution in [0.5, 0.6) is 0 Å². The van der Waals surface area contributed by atoms with Crippen LogP contribution < -0.4 is 29.6 Å². The van der Waals surface area contributed by atoms with Crippen molar-refractivity contribution in [1.82, 2.24) is 0 Å². The minimum Gasteiger partial charge on any atom is -1.00 e. The van der Waals surface area contributed by atoms with E-state index in [9.17, 15) is 4.79 Å². The van der Waals surface area contributed by atoms with Gasteiger partial charge in [-0.3, -0.25) is 4.79 Å². The molecule has 0 N–H and O–H groups in total. The molecule has 0 heterocycles. The van der Waals surface area contributed by atoms with Crippen LogP contribution in [0.25, 0.3) is 0 Å². The number of carbonyl (C=O) groups excluding carboxylic acids is 1. The van der Waals surface area contributed by atoms with Crippen molar-refractivity contribution in [1.29, 1.82) is 0 Å². The van der Waals surface area contributed by atoms with Crippen LogP contribution in [-0.2, 0) is 19.0 Å². The Kier molecular flexibility index (Phi) is 12.1. The van der Waals surface area contributed by atoms with Gasteiger partial charge in [-0.2, -0.15) is 0 Å². The Morgan fingerprint density at radius 1 is 1.45 bits per heavy atom. The van der Waals surface area contributed by atoms with Gasteiger partial charge in [-0.15, -0.1) is 0 Å². The molecule has 0 aromatic rings. The molecule has 0 aromatic heterocycles. The Labute approximate surface area is 97.5 Å². The van der Waals surface area contributed by atoms with Gasteiger partial charge in [0.2, 0.25) is 0 Å². The molecule has 0 aliphatic rings. The van der Waals surface area contributed by atoms with Crippen LogP contribution in [0.2, 0.25) is 0 Å². The number of hydrogen-bond acceptors (Lipinski definition) is 4. The zero-order chi connectivity index (χ0) is 7.98. The third-order valence-corrected chi connectivity index (χ3v) is 1.16. The van der Waals surface area contributed by atoms with E-state index in [2.05, 4.69) is 25.4 Å². The predicted molar refractivity (Wildman–Crippen MR) is 38.8 cm³/mol. The first-order chi connectivity index (χ1) is 4.74. The number of rotatable bonds is 5. The third-order valence-electron chi connectivity index (χ3n) is 0.733. The van der Waals surface area contributed by atoms with Gasteiger partial charge < -0.3 is 15.6 Å². The minimum atomic E-state index is -0.797. The maximum atomic E-state index is 9.99. The monoisotopic (exact) mass is 236 g/mol. The molecule has 0 amide bonds. The van der Waals surface area contributed by atoms with E-state index in [0.29, 0.717) is 6.29 Å². The standard InChI is InChI=1S/C5H9BrO4.Na.H/c1-8-5(9-2)10-4(6)3-7;;/h3-5H,1-2H3;;/q;+1;-1. The van der Waals surface area contributed by atoms with Gasteiger partial charge in [-0.05, 0) is 15.9 Å². The zero-order valence-corrected chi connectivity index (χ0v) is 10.3. The largest absolute Gasteiger partial charge is 1.00 e. The van der Waals surface area contributed by atoms with E-state index in [-0.39, 0.29) is 31.0 Å². The Balaban J connectivity index is -0.000000405. The molecular formula is C5H10BrNaO4. The number of halogens is 1. The summed E-state index contributed by atoms with van der Waals surface area (Å²) in [5.74, 6) is 0. The minimum absolute atomic E-state index is 0. The average molecular weight is 237 g/mol. The Bertz CT molecular complexity index is 103. The summed E-state index contributed by atoms with van der Waals surface area (Å²) >= 11 is 2.91. The summed E-state index contributed by atoms with van der Waals surface area (Å²) in [7, 11) is 2.83. The van der Waals surface area contributed by atoms with Gasteiger partial charge in [0.25, 0.3) is 6.48 Å². The number of methoxy groups -OCH3 is 2. The van der Waals surface area contributed by atoms with Crippen molar-refractivity contribution < 1.29 is 50.0 Å². The van der Waals surface area contributed by atoms with Crippen LogP contribution in [0.4, 0.5) is 0 Å². The van der Waals surface area contributed by atoms with Gasteiger partial charge in [0.05, 0.1) is 0 Å². The summed E-state index contributed by atoms with van der Waals surface area (Å²) in [6, 6.07) is 0. The van der Waals surface area contributed by atoms with Crippen molar-refractivity contribution in [2.24, 2.45) is 0 Å². The topological polar surface area (TPSA) is 44.8 Å². The van der Waals surface area contributed by atoms with Gasteiger partial charge in [0.1, 0.15) is 0 Å². The van der Waals surface area contributed by atoms with E-state index in [1.807, 2.05) is 0 Å². The van der Waals surface area contributed by atoms with Crippen molar-refractivity contribution in [3.05, 3.63) is 0 Å². The Hall–Kier alpha value is 1.03. The molecule has 0 aliphatic heterocycles. The molecule has 11 heavy (non-hydrogen) atoms. The summed E-state index contributed by atoms with van der Waals surface area (Å²) < 4.78 is 14.1. The van der Waals surface area contributed by atoms with Crippen molar-refractivity contribution >= 4 is 22.2 Å². The van der Waals surface area contributed by atoms with Crippen molar-refractivity contribution in [2.75, 3.05) is 14.2 Å². The molecule has 0 fully saturated rings. The fourth-order valence-electron chi connectivity index (χ4n) is 0.346. The number of carbonyl (C=O) groups is 1. The molecule has 4 nitrogen and oxygen atoms in total. The number of ether oxygens (including phenoxy) is 3. The molecule has 0 saturated heterocycles. The van der Waals surface area contributed by atoms with Crippen molar-refractivity contribution in [3.8, 4) is 0 Å². The fourth-order valence-corrected chi connectivity index (χ4v) is 0.522. The van der Waals surface area contributed by atoms with Gasteiger partial charge in [0.15, 0.2) is 11.3 Å². The zero-order valence-electron chi connectivity index (χ0n) is 7.74. The summed E-state index contributed by atoms with van der Waals surface area (Å²) in [5, 5.41) is -0.683. The van der Waals surface area contributed by atoms with Crippen LogP contribution in [0.15, 0.2) is 0 Å². The molecule has 0 spiro atoms. The maximum Gasteiger partial charge on any atom is 1.00 e. The second kappa shape index (κ2) is 9.12. The molecule has 0 aliphatic carbocycles. The first-order valence-corrected chi connectivity index (χ1v) is 3.46. The summed E-state index contributed by atoms with van der Waals surface area (Å²) in [5.41, 5.74) is 0. The SMILES string of the molecule is COC(OC)OC(Br)C=O.[H-].[Na+]. The summed E-state index contributed by atoms with van der Waals surface area (Å²) in [6.07, 6.45) is 0.588. The first kappa shape index (κ1) is 14.5. The number of aldehydes is 1. The quantitative estimate of drug-likeness (QED) is 0.232. The molecule has 6 heteroatoms. The van der Waals surface area contributed by atoms with E-state index in [4.69, 9.17) is 4.74 Å². The van der Waals surface area contributed by atoms with Crippen molar-refractivity contribution in [3.63, 3.8) is 0 Å². The van der Waals surface area contributed by atoms with E-state index in [1.165, 1.54) is 14.2 Å². The fraction of sp³-hybridized carbons (Fsp3) is 0.800. The third kappa shape index (κ3) is 7.39. The number of hydrogen-bond donors (Lipinski definition) is 0. The molecule has 62 valence electrons. The molecule has 0 bridgehead atoms. The second-order valence-corrected chi connectivity index (χ2v) is 2.29. The second-order valence-electron chi connectivity index (χ2n) is 1.38. The predicted octanol–water partition coefficient (Wildman–Crippen LogP) is -2.38. The normalized spacial score (nSPS) is 12.4. The van der Waals surface area contributed by atoms with Gasteiger partial charge >= 0.3 is 29.6 Å². The van der Waals surface area contributed by atoms with E-state index in [0.717, 1.165) is 0 Å². The van der Waals surface area contributed by atoms with Crippen LogP contribution in [0, 0.1) is 0 Å². The van der Waals surface area contributed by atoms with Crippen LogP contribution in [0.1, 0.15) is 1.43 Å². The molecule has 0 radical (unpaired) electrons. The van der Waals surface area contributed by atoms with Crippen LogP contribution >= 0.6 is 15.9 Å². The molecule has 0 aromatic carbocycles. The van der Waals surface area contributed by atoms with Crippen molar-refractivity contribution in [2.45, 2.75) is 11.5 Å². The smallest absolute Gasteiger partial charge is 1.00 e. The number of alkyl halides is 1. The average Bonchev–Trinajstić information content (AvgIpc) is 1.99. The van der Waals surface area contributed by atoms with Gasteiger partial charge in [-0.25, -0.2) is 0 Å². The maximum absolute atomic E-state index is 9.99. The van der Waals surface area contributed by atoms with Crippen LogP contribution in [-0.4, -0.2) is 32.0 Å². The Morgan fingerprint density at radius 2 is 1.91 bits per heavy atom. The molecule has 0 saturated carbocycles.